The predicted octanol–water partition coefficient (Wildman–Crippen LogP) is 0.842. The molecule has 0 spiro atoms. The molecule has 0 bridgehead atoms. The zero-order valence-electron chi connectivity index (χ0n) is 15.1. The zero-order chi connectivity index (χ0) is 19.1. The van der Waals surface area contributed by atoms with Gasteiger partial charge in [0.2, 0.25) is 11.8 Å². The third-order valence-electron chi connectivity index (χ3n) is 4.10. The third-order valence-corrected chi connectivity index (χ3v) is 4.10. The van der Waals surface area contributed by atoms with Gasteiger partial charge in [-0.15, -0.1) is 0 Å². The number of hydrogen-bond donors (Lipinski definition) is 4. The fourth-order valence-corrected chi connectivity index (χ4v) is 2.44. The summed E-state index contributed by atoms with van der Waals surface area (Å²) in [4.78, 5) is 35.6. The lowest BCUT2D eigenvalue weighted by atomic mass is 10.1. The molecule has 2 rings (SSSR count). The molecule has 0 aliphatic carbocycles. The molecule has 142 valence electrons. The average molecular weight is 362 g/mol. The second-order valence-electron chi connectivity index (χ2n) is 6.60. The molecule has 1 unspecified atom stereocenters. The molecule has 0 saturated carbocycles. The van der Waals surface area contributed by atoms with E-state index >= 15 is 0 Å². The van der Waals surface area contributed by atoms with Gasteiger partial charge in [0.05, 0.1) is 12.6 Å². The van der Waals surface area contributed by atoms with Crippen LogP contribution >= 0.6 is 0 Å². The molecular weight excluding hydrogens is 336 g/mol. The number of carbonyl (C=O) groups excluding carboxylic acids is 3. The maximum Gasteiger partial charge on any atom is 0.253 e. The molecule has 1 aliphatic rings. The van der Waals surface area contributed by atoms with Crippen LogP contribution in [0.25, 0.3) is 0 Å². The summed E-state index contributed by atoms with van der Waals surface area (Å²) in [5.41, 5.74) is 6.90. The van der Waals surface area contributed by atoms with Gasteiger partial charge in [0.1, 0.15) is 6.10 Å². The van der Waals surface area contributed by atoms with Crippen molar-refractivity contribution in [3.8, 4) is 0 Å². The summed E-state index contributed by atoms with van der Waals surface area (Å²) in [5, 5.41) is 7.95. The Morgan fingerprint density at radius 3 is 2.31 bits per heavy atom. The summed E-state index contributed by atoms with van der Waals surface area (Å²) in [6, 6.07) is 6.08. The van der Waals surface area contributed by atoms with E-state index in [0.717, 1.165) is 12.8 Å². The number of anilines is 2. The molecule has 3 amide bonds. The number of ether oxygens (including phenoxy) is 1. The summed E-state index contributed by atoms with van der Waals surface area (Å²) in [6.45, 7) is 4.13. The Morgan fingerprint density at radius 2 is 1.77 bits per heavy atom. The number of benzene rings is 1. The second-order valence-corrected chi connectivity index (χ2v) is 6.60. The summed E-state index contributed by atoms with van der Waals surface area (Å²) >= 11 is 0. The number of nitrogens with two attached hydrogens (primary N) is 1. The van der Waals surface area contributed by atoms with Crippen molar-refractivity contribution >= 4 is 29.1 Å². The van der Waals surface area contributed by atoms with E-state index in [-0.39, 0.29) is 30.2 Å². The molecule has 8 heteroatoms. The third kappa shape index (κ3) is 5.82. The Balaban J connectivity index is 1.78. The van der Waals surface area contributed by atoms with Gasteiger partial charge >= 0.3 is 0 Å². The highest BCUT2D eigenvalue weighted by Gasteiger charge is 2.23. The van der Waals surface area contributed by atoms with Crippen LogP contribution in [-0.4, -0.2) is 43.0 Å². The lowest BCUT2D eigenvalue weighted by Gasteiger charge is -2.15. The highest BCUT2D eigenvalue weighted by atomic mass is 16.5. The van der Waals surface area contributed by atoms with Crippen LogP contribution in [0.15, 0.2) is 24.3 Å². The highest BCUT2D eigenvalue weighted by molar-refractivity contribution is 5.96. The minimum atomic E-state index is -0.644. The van der Waals surface area contributed by atoms with Crippen LogP contribution < -0.4 is 21.7 Å². The molecule has 8 nitrogen and oxygen atoms in total. The Labute approximate surface area is 152 Å². The van der Waals surface area contributed by atoms with E-state index in [9.17, 15) is 14.4 Å². The van der Waals surface area contributed by atoms with E-state index in [1.807, 2.05) is 13.8 Å². The van der Waals surface area contributed by atoms with Crippen molar-refractivity contribution < 1.29 is 19.1 Å². The molecule has 1 fully saturated rings. The average Bonchev–Trinajstić information content (AvgIpc) is 3.15. The van der Waals surface area contributed by atoms with Crippen molar-refractivity contribution in [3.63, 3.8) is 0 Å². The van der Waals surface area contributed by atoms with Gasteiger partial charge in [-0.1, -0.05) is 13.8 Å². The van der Waals surface area contributed by atoms with Gasteiger partial charge in [0, 0.05) is 18.0 Å². The van der Waals surface area contributed by atoms with E-state index in [4.69, 9.17) is 10.5 Å². The number of rotatable bonds is 7. The van der Waals surface area contributed by atoms with Crippen molar-refractivity contribution in [2.45, 2.75) is 38.8 Å². The standard InChI is InChI=1S/C18H26N4O4/c1-11(2)16(19)18(25)20-10-15(23)21-12-5-7-13(8-6-12)22-17(24)14-4-3-9-26-14/h5-8,11,14,16H,3-4,9-10,19H2,1-2H3,(H,20,25)(H,21,23)(H,22,24)/t14?,16-/m0/s1. The van der Waals surface area contributed by atoms with Crippen LogP contribution in [0.1, 0.15) is 26.7 Å². The van der Waals surface area contributed by atoms with Gasteiger partial charge in [0.25, 0.3) is 5.91 Å². The van der Waals surface area contributed by atoms with E-state index in [1.54, 1.807) is 24.3 Å². The maximum atomic E-state index is 12.0. The normalized spacial score (nSPS) is 17.6. The van der Waals surface area contributed by atoms with Crippen LogP contribution in [0, 0.1) is 5.92 Å². The Bertz CT molecular complexity index is 639. The van der Waals surface area contributed by atoms with E-state index < -0.39 is 12.1 Å². The van der Waals surface area contributed by atoms with Crippen molar-refractivity contribution in [2.75, 3.05) is 23.8 Å². The van der Waals surface area contributed by atoms with Crippen LogP contribution in [0.3, 0.4) is 0 Å². The molecule has 2 atom stereocenters. The Hall–Kier alpha value is -2.45. The number of carbonyl (C=O) groups is 3. The number of hydrogen-bond acceptors (Lipinski definition) is 5. The van der Waals surface area contributed by atoms with Crippen molar-refractivity contribution in [1.82, 2.24) is 5.32 Å². The van der Waals surface area contributed by atoms with Gasteiger partial charge in [-0.25, -0.2) is 0 Å². The van der Waals surface area contributed by atoms with Crippen LogP contribution in [0.2, 0.25) is 0 Å². The maximum absolute atomic E-state index is 12.0. The largest absolute Gasteiger partial charge is 0.368 e. The lowest BCUT2D eigenvalue weighted by molar-refractivity contribution is -0.125. The van der Waals surface area contributed by atoms with E-state index in [2.05, 4.69) is 16.0 Å². The predicted molar refractivity (Wildman–Crippen MR) is 98.5 cm³/mol. The lowest BCUT2D eigenvalue weighted by Crippen LogP contribution is -2.46. The smallest absolute Gasteiger partial charge is 0.253 e. The summed E-state index contributed by atoms with van der Waals surface area (Å²) in [6.07, 6.45) is 1.23. The van der Waals surface area contributed by atoms with E-state index in [1.165, 1.54) is 0 Å². The van der Waals surface area contributed by atoms with Gasteiger partial charge in [-0.2, -0.15) is 0 Å². The molecule has 5 N–H and O–H groups in total. The fraction of sp³-hybridized carbons (Fsp3) is 0.500. The summed E-state index contributed by atoms with van der Waals surface area (Å²) < 4.78 is 5.33. The zero-order valence-corrected chi connectivity index (χ0v) is 15.1. The molecule has 0 radical (unpaired) electrons. The van der Waals surface area contributed by atoms with Gasteiger partial charge in [-0.3, -0.25) is 14.4 Å². The molecule has 0 aromatic heterocycles. The first-order valence-electron chi connectivity index (χ1n) is 8.72. The number of amides is 3. The SMILES string of the molecule is CC(C)[C@H](N)C(=O)NCC(=O)Nc1ccc(NC(=O)C2CCCO2)cc1. The van der Waals surface area contributed by atoms with Crippen molar-refractivity contribution in [3.05, 3.63) is 24.3 Å². The van der Waals surface area contributed by atoms with Crippen LogP contribution in [0.4, 0.5) is 11.4 Å². The molecule has 1 aromatic rings. The topological polar surface area (TPSA) is 123 Å². The summed E-state index contributed by atoms with van der Waals surface area (Å²) in [5.74, 6) is -0.883. The first-order valence-corrected chi connectivity index (χ1v) is 8.72. The van der Waals surface area contributed by atoms with Crippen LogP contribution in [0.5, 0.6) is 0 Å². The second kappa shape index (κ2) is 9.30. The Kier molecular flexibility index (Phi) is 7.11. The molecular formula is C18H26N4O4. The monoisotopic (exact) mass is 362 g/mol. The molecule has 1 aromatic carbocycles. The van der Waals surface area contributed by atoms with Crippen molar-refractivity contribution in [2.24, 2.45) is 11.7 Å². The van der Waals surface area contributed by atoms with Crippen LogP contribution in [-0.2, 0) is 19.1 Å². The minimum absolute atomic E-state index is 0.00421. The molecule has 1 aliphatic heterocycles. The van der Waals surface area contributed by atoms with E-state index in [0.29, 0.717) is 18.0 Å². The number of nitrogens with one attached hydrogen (secondary N) is 3. The first kappa shape index (κ1) is 19.9. The van der Waals surface area contributed by atoms with Crippen molar-refractivity contribution in [1.29, 1.82) is 0 Å². The quantitative estimate of drug-likeness (QED) is 0.572. The van der Waals surface area contributed by atoms with Gasteiger partial charge in [-0.05, 0) is 43.0 Å². The van der Waals surface area contributed by atoms with Gasteiger partial charge < -0.3 is 26.4 Å². The summed E-state index contributed by atoms with van der Waals surface area (Å²) in [7, 11) is 0. The van der Waals surface area contributed by atoms with Gasteiger partial charge in [0.15, 0.2) is 0 Å². The molecule has 1 heterocycles. The highest BCUT2D eigenvalue weighted by Crippen LogP contribution is 2.17. The Morgan fingerprint density at radius 1 is 1.15 bits per heavy atom. The molecule has 1 saturated heterocycles. The minimum Gasteiger partial charge on any atom is -0.368 e. The molecule has 26 heavy (non-hydrogen) atoms. The first-order chi connectivity index (χ1) is 12.4. The fourth-order valence-electron chi connectivity index (χ4n) is 2.44.